The summed E-state index contributed by atoms with van der Waals surface area (Å²) >= 11 is 0. The Bertz CT molecular complexity index is 353. The maximum atomic E-state index is 11.5. The van der Waals surface area contributed by atoms with Crippen LogP contribution in [0.3, 0.4) is 0 Å². The molecule has 1 aromatic rings. The largest absolute Gasteiger partial charge is 0.460 e. The molecule has 0 aliphatic carbocycles. The minimum absolute atomic E-state index is 0.129. The molecular formula is C11H16N2O3. The van der Waals surface area contributed by atoms with Gasteiger partial charge in [0.25, 0.3) is 0 Å². The molecule has 0 unspecified atom stereocenters. The van der Waals surface area contributed by atoms with E-state index < -0.39 is 5.97 Å². The second-order valence-corrected chi connectivity index (χ2v) is 3.52. The predicted octanol–water partition coefficient (Wildman–Crippen LogP) is 1.25. The van der Waals surface area contributed by atoms with E-state index in [0.29, 0.717) is 17.9 Å². The first-order valence-corrected chi connectivity index (χ1v) is 5.09. The number of esters is 1. The Labute approximate surface area is 94.6 Å². The van der Waals surface area contributed by atoms with E-state index in [9.17, 15) is 4.79 Å². The third-order valence-electron chi connectivity index (χ3n) is 1.84. The van der Waals surface area contributed by atoms with Gasteiger partial charge in [0.05, 0.1) is 30.2 Å². The molecule has 0 atom stereocenters. The van der Waals surface area contributed by atoms with Gasteiger partial charge in [-0.3, -0.25) is 4.98 Å². The number of hydrogen-bond acceptors (Lipinski definition) is 5. The molecule has 16 heavy (non-hydrogen) atoms. The number of carbonyl (C=O) groups is 1. The molecule has 0 spiro atoms. The Kier molecular flexibility index (Phi) is 4.72. The molecule has 0 radical (unpaired) electrons. The van der Waals surface area contributed by atoms with Crippen LogP contribution in [-0.4, -0.2) is 30.3 Å². The maximum absolute atomic E-state index is 11.5. The number of nitrogens with two attached hydrogens (primary N) is 1. The minimum atomic E-state index is -0.452. The lowest BCUT2D eigenvalue weighted by atomic mass is 10.2. The highest BCUT2D eigenvalue weighted by Gasteiger charge is 2.10. The van der Waals surface area contributed by atoms with Crippen LogP contribution in [0.1, 0.15) is 24.2 Å². The Morgan fingerprint density at radius 2 is 2.25 bits per heavy atom. The average molecular weight is 224 g/mol. The predicted molar refractivity (Wildman–Crippen MR) is 60.0 cm³/mol. The number of ether oxygens (including phenoxy) is 2. The molecule has 0 aliphatic rings. The topological polar surface area (TPSA) is 74.4 Å². The zero-order valence-electron chi connectivity index (χ0n) is 9.47. The van der Waals surface area contributed by atoms with Gasteiger partial charge in [0.15, 0.2) is 0 Å². The van der Waals surface area contributed by atoms with Crippen molar-refractivity contribution in [1.29, 1.82) is 0 Å². The van der Waals surface area contributed by atoms with Crippen LogP contribution in [0.2, 0.25) is 0 Å². The van der Waals surface area contributed by atoms with E-state index in [1.807, 2.05) is 13.8 Å². The number of carbonyl (C=O) groups excluding carboxylic acids is 1. The normalized spacial score (nSPS) is 10.4. The molecule has 0 bridgehead atoms. The molecule has 0 amide bonds. The van der Waals surface area contributed by atoms with Crippen LogP contribution in [0.4, 0.5) is 5.69 Å². The number of nitrogens with zero attached hydrogens (tertiary/aromatic N) is 1. The molecule has 1 rings (SSSR count). The van der Waals surface area contributed by atoms with Crippen LogP contribution >= 0.6 is 0 Å². The van der Waals surface area contributed by atoms with E-state index in [1.54, 1.807) is 0 Å². The summed E-state index contributed by atoms with van der Waals surface area (Å²) in [6, 6.07) is 1.53. The van der Waals surface area contributed by atoms with Crippen molar-refractivity contribution in [2.24, 2.45) is 0 Å². The lowest BCUT2D eigenvalue weighted by Gasteiger charge is -2.08. The molecule has 1 aromatic heterocycles. The van der Waals surface area contributed by atoms with Crippen LogP contribution in [-0.2, 0) is 9.47 Å². The molecule has 5 nitrogen and oxygen atoms in total. The minimum Gasteiger partial charge on any atom is -0.460 e. The number of aromatic nitrogens is 1. The third-order valence-corrected chi connectivity index (χ3v) is 1.84. The summed E-state index contributed by atoms with van der Waals surface area (Å²) in [6.07, 6.45) is 3.04. The summed E-state index contributed by atoms with van der Waals surface area (Å²) in [6.45, 7) is 4.44. The number of rotatable bonds is 5. The monoisotopic (exact) mass is 224 g/mol. The summed E-state index contributed by atoms with van der Waals surface area (Å²) < 4.78 is 10.2. The van der Waals surface area contributed by atoms with Gasteiger partial charge in [0, 0.05) is 6.20 Å². The summed E-state index contributed by atoms with van der Waals surface area (Å²) in [7, 11) is 0. The van der Waals surface area contributed by atoms with E-state index in [-0.39, 0.29) is 12.7 Å². The second-order valence-electron chi connectivity index (χ2n) is 3.52. The molecule has 88 valence electrons. The van der Waals surface area contributed by atoms with Crippen molar-refractivity contribution in [2.45, 2.75) is 20.0 Å². The number of hydrogen-bond donors (Lipinski definition) is 1. The van der Waals surface area contributed by atoms with Crippen molar-refractivity contribution in [3.8, 4) is 0 Å². The van der Waals surface area contributed by atoms with E-state index in [4.69, 9.17) is 15.2 Å². The van der Waals surface area contributed by atoms with Crippen LogP contribution < -0.4 is 5.73 Å². The van der Waals surface area contributed by atoms with Gasteiger partial charge >= 0.3 is 5.97 Å². The van der Waals surface area contributed by atoms with Crippen molar-refractivity contribution >= 4 is 11.7 Å². The number of anilines is 1. The van der Waals surface area contributed by atoms with Gasteiger partial charge in [0.2, 0.25) is 0 Å². The summed E-state index contributed by atoms with van der Waals surface area (Å²) in [4.78, 5) is 15.3. The van der Waals surface area contributed by atoms with Crippen molar-refractivity contribution in [2.75, 3.05) is 18.9 Å². The van der Waals surface area contributed by atoms with E-state index in [1.165, 1.54) is 18.5 Å². The molecule has 0 aliphatic heterocycles. The lowest BCUT2D eigenvalue weighted by Crippen LogP contribution is -2.14. The zero-order valence-corrected chi connectivity index (χ0v) is 9.47. The highest BCUT2D eigenvalue weighted by molar-refractivity contribution is 5.94. The average Bonchev–Trinajstić information content (AvgIpc) is 2.24. The maximum Gasteiger partial charge on any atom is 0.340 e. The molecule has 2 N–H and O–H groups in total. The summed E-state index contributed by atoms with van der Waals surface area (Å²) in [5, 5.41) is 0. The smallest absolute Gasteiger partial charge is 0.340 e. The van der Waals surface area contributed by atoms with Gasteiger partial charge in [-0.1, -0.05) is 0 Å². The first-order chi connectivity index (χ1) is 7.61. The Morgan fingerprint density at radius 1 is 1.50 bits per heavy atom. The fourth-order valence-electron chi connectivity index (χ4n) is 1.09. The van der Waals surface area contributed by atoms with Crippen molar-refractivity contribution in [3.05, 3.63) is 24.0 Å². The summed E-state index contributed by atoms with van der Waals surface area (Å²) in [5.74, 6) is -0.452. The van der Waals surface area contributed by atoms with E-state index in [0.717, 1.165) is 0 Å². The van der Waals surface area contributed by atoms with Crippen molar-refractivity contribution in [3.63, 3.8) is 0 Å². The Balaban J connectivity index is 2.39. The second kappa shape index (κ2) is 6.07. The molecule has 0 saturated carbocycles. The standard InChI is InChI=1S/C11H16N2O3/c1-8(2)15-5-6-16-11(14)9-3-4-13-7-10(9)12/h3-4,7-8H,5-6,12H2,1-2H3. The number of nitrogen functional groups attached to an aromatic ring is 1. The van der Waals surface area contributed by atoms with E-state index >= 15 is 0 Å². The lowest BCUT2D eigenvalue weighted by molar-refractivity contribution is 0.0177. The van der Waals surface area contributed by atoms with Gasteiger partial charge in [0.1, 0.15) is 6.61 Å². The molecule has 5 heteroatoms. The Hall–Kier alpha value is -1.62. The third kappa shape index (κ3) is 3.86. The fourth-order valence-corrected chi connectivity index (χ4v) is 1.09. The van der Waals surface area contributed by atoms with Crippen LogP contribution in [0.25, 0.3) is 0 Å². The molecular weight excluding hydrogens is 208 g/mol. The SMILES string of the molecule is CC(C)OCCOC(=O)c1ccncc1N. The number of pyridine rings is 1. The van der Waals surface area contributed by atoms with Gasteiger partial charge < -0.3 is 15.2 Å². The highest BCUT2D eigenvalue weighted by atomic mass is 16.6. The molecule has 0 aromatic carbocycles. The van der Waals surface area contributed by atoms with Gasteiger partial charge in [-0.15, -0.1) is 0 Å². The molecule has 1 heterocycles. The zero-order chi connectivity index (χ0) is 12.0. The van der Waals surface area contributed by atoms with Crippen molar-refractivity contribution < 1.29 is 14.3 Å². The van der Waals surface area contributed by atoms with Gasteiger partial charge in [-0.2, -0.15) is 0 Å². The van der Waals surface area contributed by atoms with Crippen LogP contribution in [0.5, 0.6) is 0 Å². The van der Waals surface area contributed by atoms with Crippen molar-refractivity contribution in [1.82, 2.24) is 4.98 Å². The van der Waals surface area contributed by atoms with E-state index in [2.05, 4.69) is 4.98 Å². The molecule has 0 fully saturated rings. The van der Waals surface area contributed by atoms with Gasteiger partial charge in [-0.25, -0.2) is 4.79 Å². The molecule has 0 saturated heterocycles. The Morgan fingerprint density at radius 3 is 2.88 bits per heavy atom. The quantitative estimate of drug-likeness (QED) is 0.601. The first-order valence-electron chi connectivity index (χ1n) is 5.09. The van der Waals surface area contributed by atoms with Crippen LogP contribution in [0, 0.1) is 0 Å². The summed E-state index contributed by atoms with van der Waals surface area (Å²) in [5.41, 5.74) is 6.23. The highest BCUT2D eigenvalue weighted by Crippen LogP contribution is 2.09. The fraction of sp³-hybridized carbons (Fsp3) is 0.455. The van der Waals surface area contributed by atoms with Crippen LogP contribution in [0.15, 0.2) is 18.5 Å². The van der Waals surface area contributed by atoms with Gasteiger partial charge in [-0.05, 0) is 19.9 Å². The first kappa shape index (κ1) is 12.4.